The predicted molar refractivity (Wildman–Crippen MR) is 71.9 cm³/mol. The molecular formula is C13H14N4O2. The molecule has 0 atom stereocenters. The van der Waals surface area contributed by atoms with Gasteiger partial charge in [-0.1, -0.05) is 0 Å². The van der Waals surface area contributed by atoms with E-state index in [-0.39, 0.29) is 5.56 Å². The summed E-state index contributed by atoms with van der Waals surface area (Å²) >= 11 is 0. The van der Waals surface area contributed by atoms with E-state index < -0.39 is 5.97 Å². The summed E-state index contributed by atoms with van der Waals surface area (Å²) in [4.78, 5) is 19.3. The zero-order valence-corrected chi connectivity index (χ0v) is 10.4. The molecule has 0 bridgehead atoms. The third-order valence-corrected chi connectivity index (χ3v) is 2.57. The van der Waals surface area contributed by atoms with Crippen molar-refractivity contribution in [3.63, 3.8) is 0 Å². The Morgan fingerprint density at radius 3 is 2.89 bits per heavy atom. The number of nitrogen functional groups attached to an aromatic ring is 1. The van der Waals surface area contributed by atoms with Gasteiger partial charge in [-0.3, -0.25) is 0 Å². The standard InChI is InChI=1S/C13H14N4O2/c1-8-15-5-4-10(17-8)7-16-12-6-9(14)2-3-11(12)13(18)19/h2-6,16H,7,14H2,1H3,(H,18,19). The van der Waals surface area contributed by atoms with E-state index in [1.807, 2.05) is 0 Å². The van der Waals surface area contributed by atoms with Gasteiger partial charge in [0.05, 0.1) is 23.5 Å². The molecule has 0 aliphatic heterocycles. The van der Waals surface area contributed by atoms with E-state index in [4.69, 9.17) is 10.8 Å². The van der Waals surface area contributed by atoms with Gasteiger partial charge in [0.1, 0.15) is 5.82 Å². The summed E-state index contributed by atoms with van der Waals surface area (Å²) in [6.07, 6.45) is 1.66. The first-order chi connectivity index (χ1) is 9.06. The molecule has 0 aliphatic carbocycles. The molecule has 1 heterocycles. The molecule has 0 spiro atoms. The molecule has 0 unspecified atom stereocenters. The maximum atomic E-state index is 11.1. The van der Waals surface area contributed by atoms with Crippen LogP contribution in [0.25, 0.3) is 0 Å². The highest BCUT2D eigenvalue weighted by molar-refractivity contribution is 5.95. The molecule has 6 heteroatoms. The molecule has 4 N–H and O–H groups in total. The molecule has 6 nitrogen and oxygen atoms in total. The lowest BCUT2D eigenvalue weighted by Gasteiger charge is -2.10. The number of hydrogen-bond donors (Lipinski definition) is 3. The Morgan fingerprint density at radius 1 is 1.42 bits per heavy atom. The van der Waals surface area contributed by atoms with Gasteiger partial charge in [-0.15, -0.1) is 0 Å². The number of nitrogens with zero attached hydrogens (tertiary/aromatic N) is 2. The second-order valence-corrected chi connectivity index (χ2v) is 4.06. The monoisotopic (exact) mass is 258 g/mol. The molecule has 0 saturated carbocycles. The molecular weight excluding hydrogens is 244 g/mol. The zero-order valence-electron chi connectivity index (χ0n) is 10.4. The highest BCUT2D eigenvalue weighted by Gasteiger charge is 2.10. The number of hydrogen-bond acceptors (Lipinski definition) is 5. The third kappa shape index (κ3) is 3.19. The van der Waals surface area contributed by atoms with Crippen LogP contribution >= 0.6 is 0 Å². The molecule has 98 valence electrons. The predicted octanol–water partition coefficient (Wildman–Crippen LogP) is 1.68. The van der Waals surface area contributed by atoms with Crippen LogP contribution in [0, 0.1) is 6.92 Å². The van der Waals surface area contributed by atoms with Gasteiger partial charge in [-0.2, -0.15) is 0 Å². The fourth-order valence-electron chi connectivity index (χ4n) is 1.68. The summed E-state index contributed by atoms with van der Waals surface area (Å²) in [5, 5.41) is 12.1. The van der Waals surface area contributed by atoms with Crippen LogP contribution in [0.2, 0.25) is 0 Å². The summed E-state index contributed by atoms with van der Waals surface area (Å²) in [7, 11) is 0. The van der Waals surface area contributed by atoms with E-state index in [0.717, 1.165) is 5.69 Å². The van der Waals surface area contributed by atoms with Crippen molar-refractivity contribution in [2.75, 3.05) is 11.1 Å². The Kier molecular flexibility index (Phi) is 3.61. The lowest BCUT2D eigenvalue weighted by atomic mass is 10.1. The van der Waals surface area contributed by atoms with Crippen molar-refractivity contribution in [2.24, 2.45) is 0 Å². The van der Waals surface area contributed by atoms with E-state index in [9.17, 15) is 4.79 Å². The fourth-order valence-corrected chi connectivity index (χ4v) is 1.68. The van der Waals surface area contributed by atoms with Gasteiger partial charge in [0.2, 0.25) is 0 Å². The lowest BCUT2D eigenvalue weighted by molar-refractivity contribution is 0.0698. The van der Waals surface area contributed by atoms with Crippen molar-refractivity contribution in [3.8, 4) is 0 Å². The Balaban J connectivity index is 2.19. The van der Waals surface area contributed by atoms with Crippen molar-refractivity contribution in [3.05, 3.63) is 47.5 Å². The van der Waals surface area contributed by atoms with E-state index in [1.54, 1.807) is 31.3 Å². The number of aromatic nitrogens is 2. The average molecular weight is 258 g/mol. The van der Waals surface area contributed by atoms with Crippen LogP contribution < -0.4 is 11.1 Å². The average Bonchev–Trinajstić information content (AvgIpc) is 2.36. The first kappa shape index (κ1) is 12.8. The number of aromatic carboxylic acids is 1. The minimum atomic E-state index is -0.999. The highest BCUT2D eigenvalue weighted by atomic mass is 16.4. The number of aryl methyl sites for hydroxylation is 1. The van der Waals surface area contributed by atoms with E-state index >= 15 is 0 Å². The summed E-state index contributed by atoms with van der Waals surface area (Å²) < 4.78 is 0. The van der Waals surface area contributed by atoms with Crippen LogP contribution in [0.1, 0.15) is 21.9 Å². The number of benzene rings is 1. The summed E-state index contributed by atoms with van der Waals surface area (Å²) in [6.45, 7) is 2.21. The van der Waals surface area contributed by atoms with Gasteiger partial charge >= 0.3 is 5.97 Å². The van der Waals surface area contributed by atoms with Gasteiger partial charge in [-0.05, 0) is 31.2 Å². The number of nitrogens with two attached hydrogens (primary N) is 1. The van der Waals surface area contributed by atoms with Gasteiger partial charge < -0.3 is 16.2 Å². The molecule has 0 fully saturated rings. The van der Waals surface area contributed by atoms with Crippen molar-refractivity contribution >= 4 is 17.3 Å². The maximum absolute atomic E-state index is 11.1. The maximum Gasteiger partial charge on any atom is 0.337 e. The molecule has 2 rings (SSSR count). The SMILES string of the molecule is Cc1nccc(CNc2cc(N)ccc2C(=O)O)n1. The van der Waals surface area contributed by atoms with Gasteiger partial charge in [0.15, 0.2) is 0 Å². The van der Waals surface area contributed by atoms with Crippen LogP contribution in [-0.2, 0) is 6.54 Å². The fraction of sp³-hybridized carbons (Fsp3) is 0.154. The van der Waals surface area contributed by atoms with Crippen molar-refractivity contribution in [1.82, 2.24) is 9.97 Å². The Morgan fingerprint density at radius 2 is 2.21 bits per heavy atom. The Bertz CT molecular complexity index is 613. The smallest absolute Gasteiger partial charge is 0.337 e. The number of anilines is 2. The molecule has 0 radical (unpaired) electrons. The minimum absolute atomic E-state index is 0.181. The number of carboxylic acids is 1. The molecule has 0 saturated heterocycles. The van der Waals surface area contributed by atoms with E-state index in [2.05, 4.69) is 15.3 Å². The highest BCUT2D eigenvalue weighted by Crippen LogP contribution is 2.19. The zero-order chi connectivity index (χ0) is 13.8. The van der Waals surface area contributed by atoms with Gasteiger partial charge in [-0.25, -0.2) is 14.8 Å². The molecule has 1 aromatic heterocycles. The minimum Gasteiger partial charge on any atom is -0.478 e. The molecule has 1 aromatic carbocycles. The van der Waals surface area contributed by atoms with Gasteiger partial charge in [0, 0.05) is 11.9 Å². The Labute approximate surface area is 110 Å². The molecule has 2 aromatic rings. The van der Waals surface area contributed by atoms with Crippen LogP contribution in [0.5, 0.6) is 0 Å². The largest absolute Gasteiger partial charge is 0.478 e. The summed E-state index contributed by atoms with van der Waals surface area (Å²) in [6, 6.07) is 6.40. The molecule has 19 heavy (non-hydrogen) atoms. The number of rotatable bonds is 4. The van der Waals surface area contributed by atoms with Crippen LogP contribution in [0.3, 0.4) is 0 Å². The number of carboxylic acid groups (broad SMARTS) is 1. The van der Waals surface area contributed by atoms with E-state index in [0.29, 0.717) is 23.7 Å². The van der Waals surface area contributed by atoms with Gasteiger partial charge in [0.25, 0.3) is 0 Å². The number of carbonyl (C=O) groups is 1. The first-order valence-electron chi connectivity index (χ1n) is 5.71. The second kappa shape index (κ2) is 5.34. The topological polar surface area (TPSA) is 101 Å². The Hall–Kier alpha value is -2.63. The third-order valence-electron chi connectivity index (χ3n) is 2.57. The molecule has 0 amide bonds. The first-order valence-corrected chi connectivity index (χ1v) is 5.71. The normalized spacial score (nSPS) is 10.2. The summed E-state index contributed by atoms with van der Waals surface area (Å²) in [5.41, 5.74) is 7.61. The van der Waals surface area contributed by atoms with Crippen LogP contribution in [-0.4, -0.2) is 21.0 Å². The quantitative estimate of drug-likeness (QED) is 0.721. The van der Waals surface area contributed by atoms with Crippen molar-refractivity contribution in [1.29, 1.82) is 0 Å². The summed E-state index contributed by atoms with van der Waals surface area (Å²) in [5.74, 6) is -0.327. The van der Waals surface area contributed by atoms with Crippen LogP contribution in [0.15, 0.2) is 30.5 Å². The second-order valence-electron chi connectivity index (χ2n) is 4.06. The van der Waals surface area contributed by atoms with E-state index in [1.165, 1.54) is 6.07 Å². The van der Waals surface area contributed by atoms with Crippen molar-refractivity contribution in [2.45, 2.75) is 13.5 Å². The molecule has 0 aliphatic rings. The van der Waals surface area contributed by atoms with Crippen molar-refractivity contribution < 1.29 is 9.90 Å². The lowest BCUT2D eigenvalue weighted by Crippen LogP contribution is -2.08. The van der Waals surface area contributed by atoms with Crippen LogP contribution in [0.4, 0.5) is 11.4 Å². The number of nitrogens with one attached hydrogen (secondary N) is 1.